The molecule has 0 N–H and O–H groups in total. The summed E-state index contributed by atoms with van der Waals surface area (Å²) in [6.07, 6.45) is 0. The van der Waals surface area contributed by atoms with E-state index < -0.39 is 0 Å². The van der Waals surface area contributed by atoms with E-state index >= 15 is 0 Å². The first-order chi connectivity index (χ1) is 24.8. The van der Waals surface area contributed by atoms with Gasteiger partial charge in [-0.3, -0.25) is 0 Å². The molecule has 6 aromatic carbocycles. The van der Waals surface area contributed by atoms with E-state index in [9.17, 15) is 0 Å². The fraction of sp³-hybridized carbons (Fsp3) is 0. The molecule has 0 aliphatic carbocycles. The quantitative estimate of drug-likeness (QED) is 0.184. The van der Waals surface area contributed by atoms with Gasteiger partial charge >= 0.3 is 0 Å². The van der Waals surface area contributed by atoms with Gasteiger partial charge in [-0.25, -0.2) is 24.9 Å². The molecule has 0 saturated carbocycles. The van der Waals surface area contributed by atoms with Crippen LogP contribution >= 0.6 is 0 Å². The van der Waals surface area contributed by atoms with Gasteiger partial charge in [0, 0.05) is 44.0 Å². The molecule has 0 radical (unpaired) electrons. The molecular weight excluding hydrogens is 619 g/mol. The van der Waals surface area contributed by atoms with Gasteiger partial charge < -0.3 is 8.83 Å². The van der Waals surface area contributed by atoms with Crippen LogP contribution in [0.4, 0.5) is 0 Å². The first-order valence-corrected chi connectivity index (χ1v) is 16.3. The fourth-order valence-corrected chi connectivity index (χ4v) is 6.59. The molecular formula is C43H25N5O2. The minimum absolute atomic E-state index is 0.563. The van der Waals surface area contributed by atoms with Crippen molar-refractivity contribution < 1.29 is 8.83 Å². The number of aromatic nitrogens is 5. The van der Waals surface area contributed by atoms with Gasteiger partial charge in [0.05, 0.1) is 0 Å². The second kappa shape index (κ2) is 11.3. The minimum Gasteiger partial charge on any atom is -0.456 e. The summed E-state index contributed by atoms with van der Waals surface area (Å²) < 4.78 is 13.0. The van der Waals surface area contributed by atoms with Crippen LogP contribution in [0, 0.1) is 0 Å². The number of rotatable bonds is 5. The van der Waals surface area contributed by atoms with E-state index in [1.165, 1.54) is 0 Å². The fourth-order valence-electron chi connectivity index (χ4n) is 6.59. The Bertz CT molecular complexity index is 2810. The van der Waals surface area contributed by atoms with Crippen molar-refractivity contribution in [2.24, 2.45) is 0 Å². The Morgan fingerprint density at radius 3 is 1.58 bits per heavy atom. The Morgan fingerprint density at radius 2 is 0.920 bits per heavy atom. The summed E-state index contributed by atoms with van der Waals surface area (Å²) in [5, 5.41) is 2.84. The number of furan rings is 2. The van der Waals surface area contributed by atoms with Crippen molar-refractivity contribution in [1.82, 2.24) is 24.9 Å². The van der Waals surface area contributed by atoms with Gasteiger partial charge in [0.15, 0.2) is 28.9 Å². The average Bonchev–Trinajstić information content (AvgIpc) is 3.76. The van der Waals surface area contributed by atoms with Crippen LogP contribution in [0.1, 0.15) is 0 Å². The molecule has 4 aromatic heterocycles. The highest BCUT2D eigenvalue weighted by molar-refractivity contribution is 6.16. The summed E-state index contributed by atoms with van der Waals surface area (Å²) in [6, 6.07) is 50.1. The third kappa shape index (κ3) is 4.64. The van der Waals surface area contributed by atoms with Crippen LogP contribution < -0.4 is 0 Å². The largest absolute Gasteiger partial charge is 0.456 e. The van der Waals surface area contributed by atoms with Crippen LogP contribution in [0.25, 0.3) is 101 Å². The topological polar surface area (TPSA) is 90.7 Å². The van der Waals surface area contributed by atoms with E-state index in [-0.39, 0.29) is 0 Å². The van der Waals surface area contributed by atoms with Crippen molar-refractivity contribution in [3.05, 3.63) is 152 Å². The summed E-state index contributed by atoms with van der Waals surface area (Å²) in [5.41, 5.74) is 8.81. The molecule has 10 aromatic rings. The van der Waals surface area contributed by atoms with Crippen LogP contribution in [0.2, 0.25) is 0 Å². The molecule has 50 heavy (non-hydrogen) atoms. The Kier molecular flexibility index (Phi) is 6.35. The van der Waals surface area contributed by atoms with Crippen molar-refractivity contribution in [3.63, 3.8) is 0 Å². The Balaban J connectivity index is 1.18. The molecule has 7 nitrogen and oxygen atoms in total. The molecule has 4 heterocycles. The van der Waals surface area contributed by atoms with Crippen LogP contribution in [-0.4, -0.2) is 24.9 Å². The van der Waals surface area contributed by atoms with Gasteiger partial charge in [0.25, 0.3) is 0 Å². The lowest BCUT2D eigenvalue weighted by atomic mass is 10.0. The van der Waals surface area contributed by atoms with Crippen LogP contribution in [0.3, 0.4) is 0 Å². The lowest BCUT2D eigenvalue weighted by molar-refractivity contribution is 0.667. The summed E-state index contributed by atoms with van der Waals surface area (Å²) in [5.74, 6) is 2.40. The van der Waals surface area contributed by atoms with Gasteiger partial charge in [0.2, 0.25) is 0 Å². The second-order valence-corrected chi connectivity index (χ2v) is 12.1. The highest BCUT2D eigenvalue weighted by Gasteiger charge is 2.22. The maximum Gasteiger partial charge on any atom is 0.180 e. The third-order valence-electron chi connectivity index (χ3n) is 8.96. The highest BCUT2D eigenvalue weighted by atomic mass is 16.3. The van der Waals surface area contributed by atoms with Gasteiger partial charge in [0.1, 0.15) is 28.0 Å². The summed E-state index contributed by atoms with van der Waals surface area (Å²) in [4.78, 5) is 24.8. The lowest BCUT2D eigenvalue weighted by Crippen LogP contribution is -2.00. The maximum atomic E-state index is 6.55. The van der Waals surface area contributed by atoms with Crippen LogP contribution in [0.15, 0.2) is 160 Å². The van der Waals surface area contributed by atoms with E-state index in [0.29, 0.717) is 40.2 Å². The Labute approximate surface area is 285 Å². The Hall–Kier alpha value is -6.99. The third-order valence-corrected chi connectivity index (χ3v) is 8.96. The molecule has 7 heteroatoms. The molecule has 0 aliphatic heterocycles. The van der Waals surface area contributed by atoms with Crippen LogP contribution in [0.5, 0.6) is 0 Å². The van der Waals surface area contributed by atoms with Crippen molar-refractivity contribution in [2.45, 2.75) is 0 Å². The molecule has 0 amide bonds. The van der Waals surface area contributed by atoms with E-state index in [1.807, 2.05) is 140 Å². The number of nitrogens with zero attached hydrogens (tertiary/aromatic N) is 5. The number of para-hydroxylation sites is 1. The Morgan fingerprint density at radius 1 is 0.360 bits per heavy atom. The molecule has 234 valence electrons. The SMILES string of the molecule is c1ccc(-c2nc(-c3ccccc3)nc(-c3ccc4c(c3)oc3cccc(-c5nc(-c6ccccc6)nc6c5oc5ccccc56)c34)n2)cc1. The monoisotopic (exact) mass is 643 g/mol. The van der Waals surface area contributed by atoms with Crippen molar-refractivity contribution in [1.29, 1.82) is 0 Å². The van der Waals surface area contributed by atoms with Crippen molar-refractivity contribution >= 4 is 44.0 Å². The predicted octanol–water partition coefficient (Wildman–Crippen LogP) is 10.8. The van der Waals surface area contributed by atoms with Gasteiger partial charge in [-0.1, -0.05) is 121 Å². The van der Waals surface area contributed by atoms with E-state index in [1.54, 1.807) is 0 Å². The molecule has 0 fully saturated rings. The molecule has 0 aliphatic rings. The van der Waals surface area contributed by atoms with Gasteiger partial charge in [-0.05, 0) is 30.3 Å². The highest BCUT2D eigenvalue weighted by Crippen LogP contribution is 2.42. The zero-order valence-corrected chi connectivity index (χ0v) is 26.5. The zero-order chi connectivity index (χ0) is 33.0. The first-order valence-electron chi connectivity index (χ1n) is 16.3. The summed E-state index contributed by atoms with van der Waals surface area (Å²) >= 11 is 0. The van der Waals surface area contributed by atoms with Crippen molar-refractivity contribution in [3.8, 4) is 56.8 Å². The number of benzene rings is 6. The van der Waals surface area contributed by atoms with Crippen molar-refractivity contribution in [2.75, 3.05) is 0 Å². The smallest absolute Gasteiger partial charge is 0.180 e. The van der Waals surface area contributed by atoms with E-state index in [0.717, 1.165) is 60.7 Å². The molecule has 0 bridgehead atoms. The number of fused-ring (bicyclic) bond motifs is 6. The maximum absolute atomic E-state index is 6.55. The first kappa shape index (κ1) is 28.1. The van der Waals surface area contributed by atoms with E-state index in [4.69, 9.17) is 33.8 Å². The molecule has 0 spiro atoms. The average molecular weight is 644 g/mol. The second-order valence-electron chi connectivity index (χ2n) is 12.1. The predicted molar refractivity (Wildman–Crippen MR) is 197 cm³/mol. The zero-order valence-electron chi connectivity index (χ0n) is 26.5. The lowest BCUT2D eigenvalue weighted by Gasteiger charge is -2.08. The summed E-state index contributed by atoms with van der Waals surface area (Å²) in [6.45, 7) is 0. The van der Waals surface area contributed by atoms with Gasteiger partial charge in [-0.15, -0.1) is 0 Å². The van der Waals surface area contributed by atoms with Crippen LogP contribution in [-0.2, 0) is 0 Å². The number of hydrogen-bond acceptors (Lipinski definition) is 7. The molecule has 0 saturated heterocycles. The minimum atomic E-state index is 0.563. The summed E-state index contributed by atoms with van der Waals surface area (Å²) in [7, 11) is 0. The molecule has 0 atom stereocenters. The normalized spacial score (nSPS) is 11.6. The van der Waals surface area contributed by atoms with E-state index in [2.05, 4.69) is 12.1 Å². The number of hydrogen-bond donors (Lipinski definition) is 0. The standard InChI is InChI=1S/C43H25N5O2/c1-4-13-26(14-5-1)40-44-37-31-19-10-11-21-33(31)50-39(37)38(45-40)32-20-12-22-34-36(32)30-24-23-29(25-35(30)49-34)43-47-41(27-15-6-2-7-16-27)46-42(48-43)28-17-8-3-9-18-28/h1-25H. The molecule has 10 rings (SSSR count). The molecule has 0 unspecified atom stereocenters. The van der Waals surface area contributed by atoms with Gasteiger partial charge in [-0.2, -0.15) is 0 Å².